The third kappa shape index (κ3) is 5.17. The number of hydrogen-bond acceptors (Lipinski definition) is 5. The number of rotatable bonds is 9. The Morgan fingerprint density at radius 3 is 2.56 bits per heavy atom. The first kappa shape index (κ1) is 20.2. The normalized spacial score (nSPS) is 24.2. The second-order valence-electron chi connectivity index (χ2n) is 6.63. The Morgan fingerprint density at radius 2 is 1.96 bits per heavy atom. The summed E-state index contributed by atoms with van der Waals surface area (Å²) in [5, 5.41) is 0. The topological polar surface area (TPSA) is 90.6 Å². The molecule has 0 radical (unpaired) electrons. The Morgan fingerprint density at radius 1 is 1.24 bits per heavy atom. The van der Waals surface area contributed by atoms with E-state index < -0.39 is 15.6 Å². The molecule has 0 spiro atoms. The third-order valence-electron chi connectivity index (χ3n) is 4.99. The highest BCUT2D eigenvalue weighted by atomic mass is 32.2. The van der Waals surface area contributed by atoms with Crippen LogP contribution in [0, 0.1) is 5.92 Å². The van der Waals surface area contributed by atoms with Crippen molar-refractivity contribution in [1.82, 2.24) is 4.72 Å². The lowest BCUT2D eigenvalue weighted by molar-refractivity contribution is 0.110. The minimum Gasteiger partial charge on any atom is -0.491 e. The van der Waals surface area contributed by atoms with Crippen molar-refractivity contribution in [2.45, 2.75) is 50.0 Å². The lowest BCUT2D eigenvalue weighted by atomic mass is 9.74. The van der Waals surface area contributed by atoms with E-state index in [2.05, 4.69) is 11.6 Å². The summed E-state index contributed by atoms with van der Waals surface area (Å²) in [5.74, 6) is 0.848. The van der Waals surface area contributed by atoms with Crippen LogP contribution < -0.4 is 15.2 Å². The van der Waals surface area contributed by atoms with Crippen LogP contribution in [0.5, 0.6) is 5.75 Å². The fourth-order valence-electron chi connectivity index (χ4n) is 3.31. The van der Waals surface area contributed by atoms with Crippen LogP contribution in [-0.4, -0.2) is 40.3 Å². The number of nitrogens with one attached hydrogen (secondary N) is 1. The number of nitrogens with two attached hydrogens (primary N) is 1. The lowest BCUT2D eigenvalue weighted by Gasteiger charge is -2.42. The number of hydrogen-bond donors (Lipinski definition) is 2. The molecule has 0 saturated heterocycles. The molecule has 2 rings (SSSR count). The van der Waals surface area contributed by atoms with Gasteiger partial charge in [0.25, 0.3) is 0 Å². The van der Waals surface area contributed by atoms with Crippen LogP contribution in [0.4, 0.5) is 0 Å². The van der Waals surface area contributed by atoms with Gasteiger partial charge in [-0.3, -0.25) is 0 Å². The van der Waals surface area contributed by atoms with Gasteiger partial charge < -0.3 is 15.2 Å². The Hall–Kier alpha value is -1.15. The highest BCUT2D eigenvalue weighted by Gasteiger charge is 2.40. The van der Waals surface area contributed by atoms with Gasteiger partial charge in [0.05, 0.1) is 11.5 Å². The molecular formula is C18H30N2O4S. The zero-order valence-electron chi connectivity index (χ0n) is 15.2. The van der Waals surface area contributed by atoms with E-state index in [4.69, 9.17) is 15.2 Å². The van der Waals surface area contributed by atoms with Crippen LogP contribution in [0.1, 0.15) is 39.5 Å². The van der Waals surface area contributed by atoms with Crippen LogP contribution >= 0.6 is 0 Å². The number of sulfonamides is 1. The summed E-state index contributed by atoms with van der Waals surface area (Å²) in [6.45, 7) is 5.90. The van der Waals surface area contributed by atoms with E-state index in [-0.39, 0.29) is 10.8 Å². The quantitative estimate of drug-likeness (QED) is 0.651. The number of benzene rings is 1. The first-order chi connectivity index (χ1) is 11.9. The second kappa shape index (κ2) is 8.98. The summed E-state index contributed by atoms with van der Waals surface area (Å²) in [6, 6.07) is 6.46. The van der Waals surface area contributed by atoms with Gasteiger partial charge in [0, 0.05) is 18.7 Å². The van der Waals surface area contributed by atoms with Gasteiger partial charge in [0.15, 0.2) is 0 Å². The third-order valence-corrected chi connectivity index (χ3v) is 6.56. The van der Waals surface area contributed by atoms with Crippen LogP contribution in [0.15, 0.2) is 29.2 Å². The molecule has 2 unspecified atom stereocenters. The van der Waals surface area contributed by atoms with Gasteiger partial charge >= 0.3 is 0 Å². The van der Waals surface area contributed by atoms with E-state index in [9.17, 15) is 8.42 Å². The molecule has 3 N–H and O–H groups in total. The molecule has 0 aromatic heterocycles. The molecule has 7 heteroatoms. The van der Waals surface area contributed by atoms with Crippen LogP contribution in [-0.2, 0) is 14.8 Å². The standard InChI is InChI=1S/C18H30N2O4S/c1-3-23-12-13-24-16-7-9-17(10-8-16)25(21,22)20-18(14-19)11-5-4-6-15(18)2/h7-10,15,20H,3-6,11-14,19H2,1-2H3. The average Bonchev–Trinajstić information content (AvgIpc) is 2.61. The molecule has 2 atom stereocenters. The summed E-state index contributed by atoms with van der Waals surface area (Å²) in [6.07, 6.45) is 3.89. The Balaban J connectivity index is 2.05. The molecule has 1 saturated carbocycles. The Labute approximate surface area is 151 Å². The molecule has 6 nitrogen and oxygen atoms in total. The first-order valence-corrected chi connectivity index (χ1v) is 10.5. The highest BCUT2D eigenvalue weighted by Crippen LogP contribution is 2.34. The summed E-state index contributed by atoms with van der Waals surface area (Å²) < 4.78 is 39.2. The van der Waals surface area contributed by atoms with E-state index in [0.29, 0.717) is 32.1 Å². The molecule has 0 heterocycles. The largest absolute Gasteiger partial charge is 0.491 e. The summed E-state index contributed by atoms with van der Waals surface area (Å²) in [7, 11) is -3.62. The van der Waals surface area contributed by atoms with E-state index in [1.54, 1.807) is 24.3 Å². The van der Waals surface area contributed by atoms with Crippen LogP contribution in [0.25, 0.3) is 0 Å². The van der Waals surface area contributed by atoms with Gasteiger partial charge in [-0.25, -0.2) is 13.1 Å². The molecule has 0 bridgehead atoms. The van der Waals surface area contributed by atoms with Gasteiger partial charge in [-0.15, -0.1) is 0 Å². The summed E-state index contributed by atoms with van der Waals surface area (Å²) in [5.41, 5.74) is 5.41. The monoisotopic (exact) mass is 370 g/mol. The van der Waals surface area contributed by atoms with Crippen molar-refractivity contribution in [1.29, 1.82) is 0 Å². The van der Waals surface area contributed by atoms with Crippen molar-refractivity contribution < 1.29 is 17.9 Å². The summed E-state index contributed by atoms with van der Waals surface area (Å²) >= 11 is 0. The van der Waals surface area contributed by atoms with Gasteiger partial charge in [-0.2, -0.15) is 0 Å². The maximum absolute atomic E-state index is 12.8. The van der Waals surface area contributed by atoms with Crippen LogP contribution in [0.3, 0.4) is 0 Å². The predicted molar refractivity (Wildman–Crippen MR) is 98.2 cm³/mol. The van der Waals surface area contributed by atoms with Crippen molar-refractivity contribution in [3.8, 4) is 5.75 Å². The van der Waals surface area contributed by atoms with Crippen molar-refractivity contribution in [2.24, 2.45) is 11.7 Å². The fourth-order valence-corrected chi connectivity index (χ4v) is 4.85. The van der Waals surface area contributed by atoms with E-state index in [0.717, 1.165) is 25.7 Å². The van der Waals surface area contributed by atoms with Crippen LogP contribution in [0.2, 0.25) is 0 Å². The first-order valence-electron chi connectivity index (χ1n) is 8.98. The van der Waals surface area contributed by atoms with Crippen molar-refractivity contribution >= 4 is 10.0 Å². The molecule has 25 heavy (non-hydrogen) atoms. The molecule has 142 valence electrons. The molecule has 1 fully saturated rings. The SMILES string of the molecule is CCOCCOc1ccc(S(=O)(=O)NC2(CN)CCCCC2C)cc1. The molecule has 1 aliphatic rings. The van der Waals surface area contributed by atoms with Gasteiger partial charge in [0.2, 0.25) is 10.0 Å². The zero-order chi connectivity index (χ0) is 18.3. The number of ether oxygens (including phenoxy) is 2. The second-order valence-corrected chi connectivity index (χ2v) is 8.31. The molecule has 0 amide bonds. The van der Waals surface area contributed by atoms with E-state index in [1.165, 1.54) is 0 Å². The lowest BCUT2D eigenvalue weighted by Crippen LogP contribution is -2.58. The van der Waals surface area contributed by atoms with E-state index in [1.807, 2.05) is 6.92 Å². The minimum atomic E-state index is -3.62. The van der Waals surface area contributed by atoms with Crippen molar-refractivity contribution in [3.05, 3.63) is 24.3 Å². The van der Waals surface area contributed by atoms with E-state index >= 15 is 0 Å². The van der Waals surface area contributed by atoms with Crippen molar-refractivity contribution in [2.75, 3.05) is 26.4 Å². The Kier molecular flexibility index (Phi) is 7.25. The minimum absolute atomic E-state index is 0.224. The molecule has 1 aromatic rings. The maximum atomic E-state index is 12.8. The zero-order valence-corrected chi connectivity index (χ0v) is 16.0. The predicted octanol–water partition coefficient (Wildman–Crippen LogP) is 2.29. The Bertz CT molecular complexity index is 633. The fraction of sp³-hybridized carbons (Fsp3) is 0.667. The maximum Gasteiger partial charge on any atom is 0.241 e. The highest BCUT2D eigenvalue weighted by molar-refractivity contribution is 7.89. The summed E-state index contributed by atoms with van der Waals surface area (Å²) in [4.78, 5) is 0.232. The molecule has 0 aliphatic heterocycles. The van der Waals surface area contributed by atoms with Gasteiger partial charge in [0.1, 0.15) is 12.4 Å². The smallest absolute Gasteiger partial charge is 0.241 e. The van der Waals surface area contributed by atoms with Gasteiger partial charge in [-0.05, 0) is 49.9 Å². The molecule has 1 aromatic carbocycles. The van der Waals surface area contributed by atoms with Crippen molar-refractivity contribution in [3.63, 3.8) is 0 Å². The molecular weight excluding hydrogens is 340 g/mol. The van der Waals surface area contributed by atoms with Gasteiger partial charge in [-0.1, -0.05) is 19.8 Å². The molecule has 1 aliphatic carbocycles. The average molecular weight is 371 g/mol.